The molecule has 0 spiro atoms. The minimum atomic E-state index is -0.847. The molecule has 0 aromatic carbocycles. The molecular formula is C11H20N2O3. The zero-order valence-electron chi connectivity index (χ0n) is 9.82. The van der Waals surface area contributed by atoms with Crippen LogP contribution in [0.3, 0.4) is 0 Å². The molecule has 0 aromatic heterocycles. The van der Waals surface area contributed by atoms with Gasteiger partial charge in [-0.15, -0.1) is 0 Å². The summed E-state index contributed by atoms with van der Waals surface area (Å²) < 4.78 is 0. The minimum Gasteiger partial charge on any atom is -0.481 e. The lowest BCUT2D eigenvalue weighted by Crippen LogP contribution is -2.51. The Labute approximate surface area is 95.4 Å². The van der Waals surface area contributed by atoms with Crippen molar-refractivity contribution in [3.8, 4) is 0 Å². The number of carbonyl (C=O) groups excluding carboxylic acids is 1. The predicted molar refractivity (Wildman–Crippen MR) is 59.8 cm³/mol. The van der Waals surface area contributed by atoms with Gasteiger partial charge in [0.25, 0.3) is 0 Å². The molecule has 2 unspecified atom stereocenters. The number of aliphatic carboxylic acids is 1. The van der Waals surface area contributed by atoms with Crippen LogP contribution in [-0.2, 0) is 9.59 Å². The molecule has 16 heavy (non-hydrogen) atoms. The summed E-state index contributed by atoms with van der Waals surface area (Å²) in [5.74, 6) is -1.10. The molecule has 1 aliphatic carbocycles. The van der Waals surface area contributed by atoms with Gasteiger partial charge in [0.15, 0.2) is 0 Å². The fourth-order valence-electron chi connectivity index (χ4n) is 2.12. The van der Waals surface area contributed by atoms with Gasteiger partial charge < -0.3 is 16.2 Å². The van der Waals surface area contributed by atoms with Crippen LogP contribution in [0.1, 0.15) is 39.5 Å². The standard InChI is InChI=1S/C11H20N2O3/c1-3-7(12)9(14)13-8-5-4-6-11(8,2)10(15)16/h7-8H,3-6,12H2,1-2H3,(H,13,14)(H,15,16)/t7-,8?,11?/m0/s1. The number of carbonyl (C=O) groups is 2. The SMILES string of the molecule is CC[C@H](N)C(=O)NC1CCCC1(C)C(=O)O. The molecule has 5 heteroatoms. The van der Waals surface area contributed by atoms with E-state index >= 15 is 0 Å². The molecule has 0 saturated heterocycles. The Bertz CT molecular complexity index is 293. The number of rotatable bonds is 4. The second kappa shape index (κ2) is 4.82. The molecule has 3 atom stereocenters. The van der Waals surface area contributed by atoms with Crippen molar-refractivity contribution in [1.82, 2.24) is 5.32 Å². The maximum atomic E-state index is 11.6. The van der Waals surface area contributed by atoms with Crippen molar-refractivity contribution in [3.63, 3.8) is 0 Å². The first-order valence-electron chi connectivity index (χ1n) is 5.71. The Kier molecular flexibility index (Phi) is 3.91. The summed E-state index contributed by atoms with van der Waals surface area (Å²) in [4.78, 5) is 22.8. The van der Waals surface area contributed by atoms with Crippen LogP contribution in [0, 0.1) is 5.41 Å². The normalized spacial score (nSPS) is 31.1. The first-order chi connectivity index (χ1) is 7.41. The Morgan fingerprint density at radius 1 is 1.62 bits per heavy atom. The van der Waals surface area contributed by atoms with Crippen molar-refractivity contribution in [2.45, 2.75) is 51.6 Å². The number of hydrogen-bond donors (Lipinski definition) is 3. The first kappa shape index (κ1) is 13.0. The van der Waals surface area contributed by atoms with Crippen LogP contribution in [0.2, 0.25) is 0 Å². The Balaban J connectivity index is 2.67. The molecular weight excluding hydrogens is 208 g/mol. The Hall–Kier alpha value is -1.10. The molecule has 0 bridgehead atoms. The van der Waals surface area contributed by atoms with Crippen molar-refractivity contribution in [2.24, 2.45) is 11.1 Å². The number of amides is 1. The number of carboxylic acid groups (broad SMARTS) is 1. The predicted octanol–water partition coefficient (Wildman–Crippen LogP) is 0.483. The van der Waals surface area contributed by atoms with Gasteiger partial charge in [0.05, 0.1) is 11.5 Å². The van der Waals surface area contributed by atoms with Crippen LogP contribution in [-0.4, -0.2) is 29.1 Å². The van der Waals surface area contributed by atoms with Crippen LogP contribution in [0.5, 0.6) is 0 Å². The highest BCUT2D eigenvalue weighted by molar-refractivity contribution is 5.83. The third-order valence-electron chi connectivity index (χ3n) is 3.54. The fraction of sp³-hybridized carbons (Fsp3) is 0.818. The molecule has 1 rings (SSSR count). The molecule has 0 aliphatic heterocycles. The maximum Gasteiger partial charge on any atom is 0.311 e. The summed E-state index contributed by atoms with van der Waals surface area (Å²) in [6.45, 7) is 3.51. The zero-order valence-corrected chi connectivity index (χ0v) is 9.82. The van der Waals surface area contributed by atoms with Gasteiger partial charge in [0.2, 0.25) is 5.91 Å². The smallest absolute Gasteiger partial charge is 0.311 e. The van der Waals surface area contributed by atoms with Gasteiger partial charge in [0.1, 0.15) is 0 Å². The lowest BCUT2D eigenvalue weighted by molar-refractivity contribution is -0.149. The van der Waals surface area contributed by atoms with E-state index in [4.69, 9.17) is 10.8 Å². The van der Waals surface area contributed by atoms with Crippen molar-refractivity contribution in [3.05, 3.63) is 0 Å². The van der Waals surface area contributed by atoms with Crippen molar-refractivity contribution in [2.75, 3.05) is 0 Å². The van der Waals surface area contributed by atoms with Crippen molar-refractivity contribution >= 4 is 11.9 Å². The third-order valence-corrected chi connectivity index (χ3v) is 3.54. The summed E-state index contributed by atoms with van der Waals surface area (Å²) >= 11 is 0. The lowest BCUT2D eigenvalue weighted by Gasteiger charge is -2.28. The highest BCUT2D eigenvalue weighted by Crippen LogP contribution is 2.38. The number of nitrogens with two attached hydrogens (primary N) is 1. The van der Waals surface area contributed by atoms with Crippen LogP contribution in [0.15, 0.2) is 0 Å². The summed E-state index contributed by atoms with van der Waals surface area (Å²) in [6, 6.07) is -0.839. The molecule has 1 amide bonds. The van der Waals surface area contributed by atoms with Gasteiger partial charge in [0, 0.05) is 6.04 Å². The Morgan fingerprint density at radius 3 is 2.75 bits per heavy atom. The van der Waals surface area contributed by atoms with E-state index in [1.807, 2.05) is 6.92 Å². The van der Waals surface area contributed by atoms with Crippen LogP contribution in [0.4, 0.5) is 0 Å². The summed E-state index contributed by atoms with van der Waals surface area (Å²) in [5.41, 5.74) is 4.76. The van der Waals surface area contributed by atoms with Crippen molar-refractivity contribution in [1.29, 1.82) is 0 Å². The van der Waals surface area contributed by atoms with Crippen LogP contribution < -0.4 is 11.1 Å². The molecule has 4 N–H and O–H groups in total. The van der Waals surface area contributed by atoms with E-state index in [0.29, 0.717) is 19.3 Å². The second-order valence-electron chi connectivity index (χ2n) is 4.69. The molecule has 92 valence electrons. The molecule has 1 saturated carbocycles. The zero-order chi connectivity index (χ0) is 12.3. The summed E-state index contributed by atoms with van der Waals surface area (Å²) in [6.07, 6.45) is 2.71. The average molecular weight is 228 g/mol. The molecule has 0 radical (unpaired) electrons. The van der Waals surface area contributed by atoms with Crippen molar-refractivity contribution < 1.29 is 14.7 Å². The van der Waals surface area contributed by atoms with E-state index in [1.165, 1.54) is 0 Å². The average Bonchev–Trinajstić information content (AvgIpc) is 2.60. The number of nitrogens with one attached hydrogen (secondary N) is 1. The summed E-state index contributed by atoms with van der Waals surface area (Å²) in [5, 5.41) is 11.9. The molecule has 0 heterocycles. The molecule has 5 nitrogen and oxygen atoms in total. The number of carboxylic acids is 1. The molecule has 0 aromatic rings. The fourth-order valence-corrected chi connectivity index (χ4v) is 2.12. The largest absolute Gasteiger partial charge is 0.481 e. The van der Waals surface area contributed by atoms with Gasteiger partial charge in [-0.1, -0.05) is 13.3 Å². The highest BCUT2D eigenvalue weighted by Gasteiger charge is 2.46. The third kappa shape index (κ3) is 2.35. The van der Waals surface area contributed by atoms with Gasteiger partial charge in [-0.25, -0.2) is 0 Å². The maximum absolute atomic E-state index is 11.6. The van der Waals surface area contributed by atoms with E-state index in [0.717, 1.165) is 6.42 Å². The monoisotopic (exact) mass is 228 g/mol. The summed E-state index contributed by atoms with van der Waals surface area (Å²) in [7, 11) is 0. The van der Waals surface area contributed by atoms with E-state index in [9.17, 15) is 9.59 Å². The quantitative estimate of drug-likeness (QED) is 0.652. The van der Waals surface area contributed by atoms with Gasteiger partial charge >= 0.3 is 5.97 Å². The van der Waals surface area contributed by atoms with Crippen LogP contribution in [0.25, 0.3) is 0 Å². The lowest BCUT2D eigenvalue weighted by atomic mass is 9.85. The van der Waals surface area contributed by atoms with Crippen LogP contribution >= 0.6 is 0 Å². The van der Waals surface area contributed by atoms with E-state index in [-0.39, 0.29) is 11.9 Å². The second-order valence-corrected chi connectivity index (χ2v) is 4.69. The topological polar surface area (TPSA) is 92.4 Å². The van der Waals surface area contributed by atoms with E-state index in [1.54, 1.807) is 6.92 Å². The Morgan fingerprint density at radius 2 is 2.25 bits per heavy atom. The number of hydrogen-bond acceptors (Lipinski definition) is 3. The molecule has 1 aliphatic rings. The van der Waals surface area contributed by atoms with Gasteiger partial charge in [-0.3, -0.25) is 9.59 Å². The first-order valence-corrected chi connectivity index (χ1v) is 5.71. The highest BCUT2D eigenvalue weighted by atomic mass is 16.4. The van der Waals surface area contributed by atoms with E-state index < -0.39 is 17.4 Å². The molecule has 1 fully saturated rings. The van der Waals surface area contributed by atoms with Gasteiger partial charge in [-0.05, 0) is 26.2 Å². The van der Waals surface area contributed by atoms with E-state index in [2.05, 4.69) is 5.32 Å². The van der Waals surface area contributed by atoms with Gasteiger partial charge in [-0.2, -0.15) is 0 Å². The minimum absolute atomic E-state index is 0.248.